The van der Waals surface area contributed by atoms with Crippen molar-refractivity contribution in [2.24, 2.45) is 0 Å². The van der Waals surface area contributed by atoms with Gasteiger partial charge in [-0.15, -0.1) is 11.3 Å². The van der Waals surface area contributed by atoms with Crippen molar-refractivity contribution in [2.45, 2.75) is 38.8 Å². The molecule has 0 bridgehead atoms. The fourth-order valence-electron chi connectivity index (χ4n) is 4.20. The number of rotatable bonds is 6. The van der Waals surface area contributed by atoms with E-state index in [1.807, 2.05) is 37.8 Å². The Morgan fingerprint density at radius 3 is 2.51 bits per heavy atom. The SMILES string of the molecule is CC(C)(C)N(CC(=O)N1CCc2sccc2[C@@H]1COc1ccc(Cl)cc1)C(=O)c1cccc(Cl)c1. The van der Waals surface area contributed by atoms with Crippen LogP contribution in [0.25, 0.3) is 0 Å². The average Bonchev–Trinajstić information content (AvgIpc) is 3.30. The Morgan fingerprint density at radius 2 is 1.83 bits per heavy atom. The summed E-state index contributed by atoms with van der Waals surface area (Å²) in [5.41, 5.74) is 1.00. The van der Waals surface area contributed by atoms with Crippen LogP contribution in [0.3, 0.4) is 0 Å². The average molecular weight is 532 g/mol. The van der Waals surface area contributed by atoms with Gasteiger partial charge >= 0.3 is 0 Å². The highest BCUT2D eigenvalue weighted by atomic mass is 35.5. The van der Waals surface area contributed by atoms with Crippen LogP contribution in [-0.4, -0.2) is 46.8 Å². The van der Waals surface area contributed by atoms with Crippen molar-refractivity contribution >= 4 is 46.4 Å². The molecule has 3 aromatic rings. The van der Waals surface area contributed by atoms with E-state index in [1.54, 1.807) is 52.6 Å². The van der Waals surface area contributed by atoms with Crippen LogP contribution in [0, 0.1) is 0 Å². The fraction of sp³-hybridized carbons (Fsp3) is 0.333. The zero-order valence-electron chi connectivity index (χ0n) is 20.0. The van der Waals surface area contributed by atoms with Gasteiger partial charge in [-0.2, -0.15) is 0 Å². The minimum Gasteiger partial charge on any atom is -0.491 e. The molecule has 0 saturated carbocycles. The second kappa shape index (κ2) is 10.6. The third-order valence-corrected chi connectivity index (χ3v) is 7.54. The third-order valence-electron chi connectivity index (χ3n) is 6.06. The highest BCUT2D eigenvalue weighted by Gasteiger charge is 2.36. The van der Waals surface area contributed by atoms with Crippen LogP contribution < -0.4 is 4.74 Å². The maximum absolute atomic E-state index is 13.7. The second-order valence-electron chi connectivity index (χ2n) is 9.49. The van der Waals surface area contributed by atoms with E-state index >= 15 is 0 Å². The first-order valence-corrected chi connectivity index (χ1v) is 13.1. The number of carbonyl (C=O) groups excluding carboxylic acids is 2. The highest BCUT2D eigenvalue weighted by molar-refractivity contribution is 7.10. The summed E-state index contributed by atoms with van der Waals surface area (Å²) in [5, 5.41) is 3.17. The first kappa shape index (κ1) is 25.5. The summed E-state index contributed by atoms with van der Waals surface area (Å²) in [7, 11) is 0. The molecule has 0 radical (unpaired) electrons. The van der Waals surface area contributed by atoms with Crippen LogP contribution in [0.5, 0.6) is 5.75 Å². The lowest BCUT2D eigenvalue weighted by Crippen LogP contribution is -2.53. The molecule has 1 aliphatic heterocycles. The smallest absolute Gasteiger partial charge is 0.254 e. The Balaban J connectivity index is 1.56. The van der Waals surface area contributed by atoms with Gasteiger partial charge in [0, 0.05) is 32.6 Å². The zero-order chi connectivity index (χ0) is 25.2. The van der Waals surface area contributed by atoms with E-state index in [9.17, 15) is 9.59 Å². The number of thiophene rings is 1. The number of halogens is 2. The second-order valence-corrected chi connectivity index (χ2v) is 11.4. The van der Waals surface area contributed by atoms with Crippen LogP contribution >= 0.6 is 34.5 Å². The van der Waals surface area contributed by atoms with E-state index in [2.05, 4.69) is 11.4 Å². The summed E-state index contributed by atoms with van der Waals surface area (Å²) in [5.74, 6) is 0.351. The van der Waals surface area contributed by atoms with Crippen LogP contribution in [0.2, 0.25) is 10.0 Å². The molecule has 0 spiro atoms. The van der Waals surface area contributed by atoms with Gasteiger partial charge in [-0.05, 0) is 86.7 Å². The molecule has 0 saturated heterocycles. The monoisotopic (exact) mass is 530 g/mol. The van der Waals surface area contributed by atoms with E-state index < -0.39 is 5.54 Å². The van der Waals surface area contributed by atoms with E-state index in [0.29, 0.717) is 34.5 Å². The lowest BCUT2D eigenvalue weighted by atomic mass is 9.99. The van der Waals surface area contributed by atoms with Crippen LogP contribution in [0.4, 0.5) is 0 Å². The molecule has 2 heterocycles. The van der Waals surface area contributed by atoms with Gasteiger partial charge in [-0.3, -0.25) is 9.59 Å². The van der Waals surface area contributed by atoms with Gasteiger partial charge in [0.15, 0.2) is 0 Å². The molecule has 2 aromatic carbocycles. The predicted octanol–water partition coefficient (Wildman–Crippen LogP) is 6.50. The van der Waals surface area contributed by atoms with Crippen molar-refractivity contribution in [3.8, 4) is 5.75 Å². The molecule has 0 fully saturated rings. The Hall–Kier alpha value is -2.54. The summed E-state index contributed by atoms with van der Waals surface area (Å²) in [6.07, 6.45) is 0.786. The maximum atomic E-state index is 13.7. The lowest BCUT2D eigenvalue weighted by Gasteiger charge is -2.40. The lowest BCUT2D eigenvalue weighted by molar-refractivity contribution is -0.136. The molecule has 5 nitrogen and oxygen atoms in total. The summed E-state index contributed by atoms with van der Waals surface area (Å²) in [6, 6.07) is 15.8. The summed E-state index contributed by atoms with van der Waals surface area (Å²) < 4.78 is 6.07. The number of ether oxygens (including phenoxy) is 1. The van der Waals surface area contributed by atoms with Crippen LogP contribution in [0.15, 0.2) is 60.0 Å². The number of hydrogen-bond acceptors (Lipinski definition) is 4. The number of benzene rings is 2. The molecule has 2 amide bonds. The topological polar surface area (TPSA) is 49.9 Å². The Morgan fingerprint density at radius 1 is 1.09 bits per heavy atom. The summed E-state index contributed by atoms with van der Waals surface area (Å²) >= 11 is 13.8. The Kier molecular flexibility index (Phi) is 7.74. The van der Waals surface area contributed by atoms with Crippen molar-refractivity contribution in [1.29, 1.82) is 0 Å². The minimum atomic E-state index is -0.562. The van der Waals surface area contributed by atoms with Gasteiger partial charge in [0.1, 0.15) is 18.9 Å². The molecule has 35 heavy (non-hydrogen) atoms. The number of carbonyl (C=O) groups is 2. The Labute approximate surface area is 220 Å². The maximum Gasteiger partial charge on any atom is 0.254 e. The quantitative estimate of drug-likeness (QED) is 0.365. The summed E-state index contributed by atoms with van der Waals surface area (Å²) in [4.78, 5) is 31.8. The van der Waals surface area contributed by atoms with Crippen molar-refractivity contribution in [2.75, 3.05) is 19.7 Å². The predicted molar refractivity (Wildman–Crippen MR) is 142 cm³/mol. The minimum absolute atomic E-state index is 0.0360. The van der Waals surface area contributed by atoms with Gasteiger partial charge in [-0.25, -0.2) is 0 Å². The van der Waals surface area contributed by atoms with Crippen molar-refractivity contribution < 1.29 is 14.3 Å². The number of nitrogens with zero attached hydrogens (tertiary/aromatic N) is 2. The first-order valence-electron chi connectivity index (χ1n) is 11.4. The van der Waals surface area contributed by atoms with Crippen molar-refractivity contribution in [3.63, 3.8) is 0 Å². The third kappa shape index (κ3) is 6.00. The van der Waals surface area contributed by atoms with Gasteiger partial charge in [-0.1, -0.05) is 29.3 Å². The number of amides is 2. The van der Waals surface area contributed by atoms with Gasteiger partial charge in [0.05, 0.1) is 6.04 Å². The molecule has 8 heteroatoms. The van der Waals surface area contributed by atoms with Gasteiger partial charge in [0.25, 0.3) is 5.91 Å². The Bertz CT molecular complexity index is 1200. The normalized spacial score (nSPS) is 15.5. The van der Waals surface area contributed by atoms with Crippen molar-refractivity contribution in [3.05, 3.63) is 86.0 Å². The molecular weight excluding hydrogens is 503 g/mol. The van der Waals surface area contributed by atoms with Crippen LogP contribution in [-0.2, 0) is 11.2 Å². The molecule has 0 aliphatic carbocycles. The largest absolute Gasteiger partial charge is 0.491 e. The molecule has 0 unspecified atom stereocenters. The van der Waals surface area contributed by atoms with Crippen LogP contribution in [0.1, 0.15) is 47.6 Å². The van der Waals surface area contributed by atoms with Crippen molar-refractivity contribution in [1.82, 2.24) is 9.80 Å². The van der Waals surface area contributed by atoms with E-state index in [0.717, 1.165) is 12.0 Å². The molecule has 184 valence electrons. The van der Waals surface area contributed by atoms with E-state index in [-0.39, 0.29) is 24.4 Å². The molecule has 1 aliphatic rings. The zero-order valence-corrected chi connectivity index (χ0v) is 22.3. The molecule has 1 aromatic heterocycles. The molecule has 0 N–H and O–H groups in total. The number of hydrogen-bond donors (Lipinski definition) is 0. The molecular formula is C27H28Cl2N2O3S. The fourth-order valence-corrected chi connectivity index (χ4v) is 5.44. The summed E-state index contributed by atoms with van der Waals surface area (Å²) in [6.45, 7) is 6.63. The number of fused-ring (bicyclic) bond motifs is 1. The van der Waals surface area contributed by atoms with E-state index in [1.165, 1.54) is 4.88 Å². The molecule has 1 atom stereocenters. The first-order chi connectivity index (χ1) is 16.6. The van der Waals surface area contributed by atoms with Gasteiger partial charge in [0.2, 0.25) is 5.91 Å². The highest BCUT2D eigenvalue weighted by Crippen LogP contribution is 2.34. The van der Waals surface area contributed by atoms with Gasteiger partial charge < -0.3 is 14.5 Å². The van der Waals surface area contributed by atoms with E-state index in [4.69, 9.17) is 27.9 Å². The molecule has 4 rings (SSSR count). The standard InChI is InChI=1S/C27H28Cl2N2O3S/c1-27(2,3)31(26(33)18-5-4-6-20(29)15-18)16-25(32)30-13-11-24-22(12-14-35-24)23(30)17-34-21-9-7-19(28)8-10-21/h4-10,12,14-15,23H,11,13,16-17H2,1-3H3/t23-/m0/s1.